The number of rotatable bonds is 2. The summed E-state index contributed by atoms with van der Waals surface area (Å²) < 4.78 is 43.6. The topological polar surface area (TPSA) is 26.9 Å². The number of aromatic nitrogens is 2. The average molecular weight is 479 g/mol. The molecule has 0 N–H and O–H groups in total. The molecular formula is C28H27F3N3O+. The predicted molar refractivity (Wildman–Crippen MR) is 130 cm³/mol. The molecule has 0 aliphatic carbocycles. The molecule has 2 aromatic heterocycles. The number of pyridine rings is 1. The van der Waals surface area contributed by atoms with Crippen LogP contribution in [-0.2, 0) is 26.2 Å². The van der Waals surface area contributed by atoms with Crippen molar-refractivity contribution in [3.05, 3.63) is 88.0 Å². The van der Waals surface area contributed by atoms with Gasteiger partial charge in [0, 0.05) is 55.2 Å². The first-order valence-corrected chi connectivity index (χ1v) is 12.0. The molecule has 0 saturated carbocycles. The second-order valence-electron chi connectivity index (χ2n) is 10.2. The van der Waals surface area contributed by atoms with E-state index in [1.165, 1.54) is 54.2 Å². The Balaban J connectivity index is 1.36. The number of aryl methyl sites for hydroxylation is 1. The standard InChI is InChI=1S/C28H27F3N3O/c1-32-25-15-21(9-10-23(25)24-17-34(2)13-3-4-22(34)16-26(24)32)33-12-11-19(14-27(33)35)18-5-7-20(8-6-18)28(29,30)31/h5-12,14-15,22H,3-4,13,16-17H2,1-2H3/q+1. The van der Waals surface area contributed by atoms with Crippen molar-refractivity contribution in [3.8, 4) is 16.8 Å². The van der Waals surface area contributed by atoms with Gasteiger partial charge in [-0.3, -0.25) is 9.36 Å². The van der Waals surface area contributed by atoms with Crippen LogP contribution in [0.15, 0.2) is 65.6 Å². The third-order valence-electron chi connectivity index (χ3n) is 8.20. The lowest BCUT2D eigenvalue weighted by molar-refractivity contribution is -0.935. The van der Waals surface area contributed by atoms with Gasteiger partial charge in [-0.15, -0.1) is 0 Å². The molecule has 2 aliphatic heterocycles. The zero-order chi connectivity index (χ0) is 24.5. The number of nitrogens with zero attached hydrogens (tertiary/aromatic N) is 3. The largest absolute Gasteiger partial charge is 0.416 e. The Hall–Kier alpha value is -3.32. The summed E-state index contributed by atoms with van der Waals surface area (Å²) >= 11 is 0. The van der Waals surface area contributed by atoms with Gasteiger partial charge >= 0.3 is 6.18 Å². The van der Waals surface area contributed by atoms with Crippen molar-refractivity contribution in [2.75, 3.05) is 13.6 Å². The van der Waals surface area contributed by atoms with Crippen molar-refractivity contribution < 1.29 is 17.7 Å². The number of halogens is 3. The molecule has 4 heterocycles. The zero-order valence-corrected chi connectivity index (χ0v) is 19.8. The van der Waals surface area contributed by atoms with Crippen molar-refractivity contribution in [1.82, 2.24) is 9.13 Å². The van der Waals surface area contributed by atoms with Gasteiger partial charge in [0.2, 0.25) is 0 Å². The second kappa shape index (κ2) is 7.59. The summed E-state index contributed by atoms with van der Waals surface area (Å²) in [6.07, 6.45) is 0.980. The third kappa shape index (κ3) is 3.52. The number of alkyl halides is 3. The Kier molecular flexibility index (Phi) is 4.81. The number of hydrogen-bond acceptors (Lipinski definition) is 1. The van der Waals surface area contributed by atoms with Gasteiger partial charge in [0.25, 0.3) is 5.56 Å². The molecule has 35 heavy (non-hydrogen) atoms. The molecule has 0 bridgehead atoms. The highest BCUT2D eigenvalue weighted by atomic mass is 19.4. The van der Waals surface area contributed by atoms with Crippen molar-refractivity contribution >= 4 is 10.9 Å². The number of likely N-dealkylation sites (N-methyl/N-ethyl adjacent to an activating group) is 1. The molecule has 4 nitrogen and oxygen atoms in total. The molecular weight excluding hydrogens is 451 g/mol. The highest BCUT2D eigenvalue weighted by molar-refractivity contribution is 5.87. The maximum atomic E-state index is 13.0. The molecule has 2 aliphatic rings. The van der Waals surface area contributed by atoms with E-state index in [0.717, 1.165) is 40.8 Å². The molecule has 2 atom stereocenters. The molecule has 7 heteroatoms. The van der Waals surface area contributed by atoms with Crippen LogP contribution >= 0.6 is 0 Å². The lowest BCUT2D eigenvalue weighted by atomic mass is 9.97. The maximum Gasteiger partial charge on any atom is 0.416 e. The minimum atomic E-state index is -4.38. The van der Waals surface area contributed by atoms with Crippen LogP contribution in [0.1, 0.15) is 29.7 Å². The van der Waals surface area contributed by atoms with Gasteiger partial charge in [0.05, 0.1) is 36.4 Å². The summed E-state index contributed by atoms with van der Waals surface area (Å²) in [5.41, 5.74) is 4.98. The average Bonchev–Trinajstić information content (AvgIpc) is 3.33. The Labute approximate surface area is 201 Å². The molecule has 2 unspecified atom stereocenters. The summed E-state index contributed by atoms with van der Waals surface area (Å²) in [5.74, 6) is 0. The predicted octanol–water partition coefficient (Wildman–Crippen LogP) is 5.68. The molecule has 4 aromatic rings. The summed E-state index contributed by atoms with van der Waals surface area (Å²) in [6, 6.07) is 15.0. The fourth-order valence-electron chi connectivity index (χ4n) is 6.16. The van der Waals surface area contributed by atoms with E-state index >= 15 is 0 Å². The minimum Gasteiger partial charge on any atom is -0.347 e. The van der Waals surface area contributed by atoms with Crippen LogP contribution in [0.4, 0.5) is 13.2 Å². The first kappa shape index (κ1) is 22.2. The second-order valence-corrected chi connectivity index (χ2v) is 10.2. The molecule has 0 spiro atoms. The van der Waals surface area contributed by atoms with E-state index in [0.29, 0.717) is 17.2 Å². The van der Waals surface area contributed by atoms with E-state index < -0.39 is 11.7 Å². The summed E-state index contributed by atoms with van der Waals surface area (Å²) in [7, 11) is 4.50. The van der Waals surface area contributed by atoms with Gasteiger partial charge in [0.15, 0.2) is 0 Å². The molecule has 0 amide bonds. The van der Waals surface area contributed by atoms with Gasteiger partial charge in [-0.1, -0.05) is 18.2 Å². The van der Waals surface area contributed by atoms with Gasteiger partial charge in [-0.2, -0.15) is 13.2 Å². The van der Waals surface area contributed by atoms with Crippen LogP contribution < -0.4 is 5.56 Å². The fourth-order valence-corrected chi connectivity index (χ4v) is 6.16. The van der Waals surface area contributed by atoms with E-state index in [4.69, 9.17) is 0 Å². The number of hydrogen-bond donors (Lipinski definition) is 0. The molecule has 2 aromatic carbocycles. The van der Waals surface area contributed by atoms with Crippen LogP contribution in [0.5, 0.6) is 0 Å². The SMILES string of the molecule is Cn1c2c(c3ccc(-n4ccc(-c5ccc(C(F)(F)F)cc5)cc4=O)cc31)C[N+]1(C)CCCC1C2. The van der Waals surface area contributed by atoms with Crippen LogP contribution in [0.3, 0.4) is 0 Å². The maximum absolute atomic E-state index is 13.0. The van der Waals surface area contributed by atoms with Crippen LogP contribution in [0.2, 0.25) is 0 Å². The first-order chi connectivity index (χ1) is 16.6. The van der Waals surface area contributed by atoms with E-state index in [9.17, 15) is 18.0 Å². The van der Waals surface area contributed by atoms with E-state index in [-0.39, 0.29) is 5.56 Å². The van der Waals surface area contributed by atoms with Gasteiger partial charge in [-0.05, 0) is 41.5 Å². The molecule has 0 radical (unpaired) electrons. The number of benzene rings is 2. The van der Waals surface area contributed by atoms with Gasteiger partial charge < -0.3 is 9.05 Å². The Morgan fingerprint density at radius 3 is 2.49 bits per heavy atom. The Bertz CT molecular complexity index is 1510. The molecule has 1 saturated heterocycles. The smallest absolute Gasteiger partial charge is 0.347 e. The summed E-state index contributed by atoms with van der Waals surface area (Å²) in [5, 5.41) is 1.25. The zero-order valence-electron chi connectivity index (χ0n) is 19.8. The monoisotopic (exact) mass is 478 g/mol. The Morgan fingerprint density at radius 1 is 1.00 bits per heavy atom. The minimum absolute atomic E-state index is 0.223. The van der Waals surface area contributed by atoms with Crippen LogP contribution in [0.25, 0.3) is 27.7 Å². The molecule has 180 valence electrons. The third-order valence-corrected chi connectivity index (χ3v) is 8.20. The normalized spacial score (nSPS) is 21.8. The molecule has 6 rings (SSSR count). The summed E-state index contributed by atoms with van der Waals surface area (Å²) in [6.45, 7) is 2.29. The summed E-state index contributed by atoms with van der Waals surface area (Å²) in [4.78, 5) is 13.0. The van der Waals surface area contributed by atoms with Gasteiger partial charge in [0.1, 0.15) is 6.54 Å². The lowest BCUT2D eigenvalue weighted by Gasteiger charge is -2.40. The van der Waals surface area contributed by atoms with Crippen molar-refractivity contribution in [2.45, 2.75) is 38.0 Å². The van der Waals surface area contributed by atoms with E-state index in [2.05, 4.69) is 30.8 Å². The molecule has 1 fully saturated rings. The Morgan fingerprint density at radius 2 is 1.77 bits per heavy atom. The lowest BCUT2D eigenvalue weighted by Crippen LogP contribution is -2.51. The highest BCUT2D eigenvalue weighted by Gasteiger charge is 2.43. The van der Waals surface area contributed by atoms with E-state index in [1.807, 2.05) is 6.07 Å². The number of quaternary nitrogens is 1. The van der Waals surface area contributed by atoms with Crippen molar-refractivity contribution in [1.29, 1.82) is 0 Å². The van der Waals surface area contributed by atoms with Crippen LogP contribution in [0, 0.1) is 0 Å². The fraction of sp³-hybridized carbons (Fsp3) is 0.321. The van der Waals surface area contributed by atoms with Crippen molar-refractivity contribution in [2.24, 2.45) is 7.05 Å². The van der Waals surface area contributed by atoms with Gasteiger partial charge in [-0.25, -0.2) is 0 Å². The quantitative estimate of drug-likeness (QED) is 0.341. The highest BCUT2D eigenvalue weighted by Crippen LogP contribution is 2.40. The van der Waals surface area contributed by atoms with E-state index in [1.54, 1.807) is 16.8 Å². The van der Waals surface area contributed by atoms with Crippen LogP contribution in [-0.4, -0.2) is 33.3 Å². The number of fused-ring (bicyclic) bond motifs is 4. The first-order valence-electron chi connectivity index (χ1n) is 12.0. The van der Waals surface area contributed by atoms with Crippen molar-refractivity contribution in [3.63, 3.8) is 0 Å².